The maximum atomic E-state index is 2.54. The van der Waals surface area contributed by atoms with Crippen molar-refractivity contribution in [1.82, 2.24) is 9.13 Å². The topological polar surface area (TPSA) is 13.1 Å². The second-order valence-electron chi connectivity index (χ2n) is 18.8. The quantitative estimate of drug-likeness (QED) is 0.162. The SMILES string of the molecule is c1ccc(-c2cccc(-c3ccccc3N(c3ccc(-n4c5ccccc5c5ccccc54)cc3)c3ccc4c(c3)C3(c5ccccc5-c5ccccc53)c3cccc5c6ccccc6n-4c35)c2)cc1. The lowest BCUT2D eigenvalue weighted by molar-refractivity contribution is 0.748. The number of hydrogen-bond donors (Lipinski definition) is 0. The molecule has 11 aromatic carbocycles. The normalized spacial score (nSPS) is 13.0. The summed E-state index contributed by atoms with van der Waals surface area (Å²) in [5.74, 6) is 0. The van der Waals surface area contributed by atoms with Gasteiger partial charge in [-0.1, -0.05) is 188 Å². The molecule has 13 aromatic rings. The number of hydrogen-bond acceptors (Lipinski definition) is 1. The molecule has 0 amide bonds. The average molecular weight is 890 g/mol. The molecule has 0 radical (unpaired) electrons. The Bertz CT molecular complexity index is 4150. The van der Waals surface area contributed by atoms with Crippen LogP contribution in [0.15, 0.2) is 261 Å². The van der Waals surface area contributed by atoms with Gasteiger partial charge in [-0.3, -0.25) is 0 Å². The highest BCUT2D eigenvalue weighted by atomic mass is 15.1. The zero-order chi connectivity index (χ0) is 45.9. The van der Waals surface area contributed by atoms with Crippen molar-refractivity contribution in [3.8, 4) is 44.8 Å². The third-order valence-electron chi connectivity index (χ3n) is 15.3. The zero-order valence-electron chi connectivity index (χ0n) is 38.2. The number of nitrogens with zero attached hydrogens (tertiary/aromatic N) is 3. The molecule has 1 aliphatic heterocycles. The van der Waals surface area contributed by atoms with Crippen molar-refractivity contribution in [2.45, 2.75) is 5.41 Å². The number of benzene rings is 11. The Morgan fingerprint density at radius 1 is 0.300 bits per heavy atom. The summed E-state index contributed by atoms with van der Waals surface area (Å²) in [4.78, 5) is 2.49. The van der Waals surface area contributed by atoms with E-state index in [1.165, 1.54) is 93.8 Å². The van der Waals surface area contributed by atoms with E-state index in [0.29, 0.717) is 0 Å². The van der Waals surface area contributed by atoms with Crippen LogP contribution in [0.3, 0.4) is 0 Å². The van der Waals surface area contributed by atoms with Gasteiger partial charge in [0.2, 0.25) is 0 Å². The molecular weight excluding hydrogens is 847 g/mol. The Balaban J connectivity index is 1.01. The summed E-state index contributed by atoms with van der Waals surface area (Å²) in [7, 11) is 0. The highest BCUT2D eigenvalue weighted by molar-refractivity contribution is 6.13. The van der Waals surface area contributed by atoms with Gasteiger partial charge in [0.15, 0.2) is 0 Å². The largest absolute Gasteiger partial charge is 0.310 e. The summed E-state index contributed by atoms with van der Waals surface area (Å²) in [6.07, 6.45) is 0. The fourth-order valence-corrected chi connectivity index (χ4v) is 12.5. The first-order valence-electron chi connectivity index (χ1n) is 24.3. The zero-order valence-corrected chi connectivity index (χ0v) is 38.2. The van der Waals surface area contributed by atoms with Crippen molar-refractivity contribution < 1.29 is 0 Å². The molecule has 0 unspecified atom stereocenters. The standard InChI is InChI=1S/C67H43N3/c1-2-18-44(19-3-1)45-20-16-21-46(42-45)50-22-6-12-32-61(50)68(47-36-38-48(39-37-47)69-62-33-13-7-25-53(62)54-26-8-14-34-63(54)69)49-40-41-65-60(43-49)67(57-29-10-4-23-51(57)52-24-5-11-30-58(52)67)59-31-17-28-56-55-27-9-15-35-64(55)70(65)66(56)59/h1-43H. The summed E-state index contributed by atoms with van der Waals surface area (Å²) in [5.41, 5.74) is 22.4. The van der Waals surface area contributed by atoms with Crippen molar-refractivity contribution in [3.05, 3.63) is 283 Å². The third kappa shape index (κ3) is 5.34. The molecule has 326 valence electrons. The van der Waals surface area contributed by atoms with Gasteiger partial charge < -0.3 is 14.0 Å². The monoisotopic (exact) mass is 889 g/mol. The highest BCUT2D eigenvalue weighted by Gasteiger charge is 2.51. The Morgan fingerprint density at radius 3 is 1.50 bits per heavy atom. The Kier molecular flexibility index (Phi) is 8.28. The van der Waals surface area contributed by atoms with Gasteiger partial charge in [-0.25, -0.2) is 0 Å². The molecule has 3 heterocycles. The Morgan fingerprint density at radius 2 is 0.800 bits per heavy atom. The molecule has 0 bridgehead atoms. The van der Waals surface area contributed by atoms with Gasteiger partial charge in [0.1, 0.15) is 0 Å². The van der Waals surface area contributed by atoms with Crippen LogP contribution >= 0.6 is 0 Å². The van der Waals surface area contributed by atoms with Gasteiger partial charge in [-0.15, -0.1) is 0 Å². The second-order valence-corrected chi connectivity index (χ2v) is 18.8. The number of fused-ring (bicyclic) bond motifs is 15. The van der Waals surface area contributed by atoms with E-state index >= 15 is 0 Å². The highest BCUT2D eigenvalue weighted by Crippen LogP contribution is 2.61. The van der Waals surface area contributed by atoms with E-state index in [2.05, 4.69) is 275 Å². The molecular formula is C67H43N3. The number of para-hydroxylation sites is 5. The molecule has 0 fully saturated rings. The fourth-order valence-electron chi connectivity index (χ4n) is 12.5. The van der Waals surface area contributed by atoms with Gasteiger partial charge in [-0.2, -0.15) is 0 Å². The molecule has 0 atom stereocenters. The number of anilines is 3. The van der Waals surface area contributed by atoms with Crippen molar-refractivity contribution in [3.63, 3.8) is 0 Å². The molecule has 2 aromatic heterocycles. The first-order chi connectivity index (χ1) is 34.8. The van der Waals surface area contributed by atoms with Crippen molar-refractivity contribution in [2.75, 3.05) is 4.90 Å². The maximum Gasteiger partial charge on any atom is 0.0755 e. The molecule has 3 heteroatoms. The van der Waals surface area contributed by atoms with E-state index in [1.54, 1.807) is 0 Å². The molecule has 0 N–H and O–H groups in total. The predicted octanol–water partition coefficient (Wildman–Crippen LogP) is 17.4. The van der Waals surface area contributed by atoms with Crippen LogP contribution in [-0.2, 0) is 5.41 Å². The molecule has 0 saturated carbocycles. The van der Waals surface area contributed by atoms with Crippen LogP contribution in [0.25, 0.3) is 88.4 Å². The van der Waals surface area contributed by atoms with Crippen molar-refractivity contribution in [1.29, 1.82) is 0 Å². The van der Waals surface area contributed by atoms with E-state index in [4.69, 9.17) is 0 Å². The lowest BCUT2D eigenvalue weighted by atomic mass is 9.65. The summed E-state index contributed by atoms with van der Waals surface area (Å²) in [5, 5.41) is 5.05. The van der Waals surface area contributed by atoms with E-state index in [0.717, 1.165) is 33.9 Å². The van der Waals surface area contributed by atoms with Crippen molar-refractivity contribution in [2.24, 2.45) is 0 Å². The van der Waals surface area contributed by atoms with Crippen molar-refractivity contribution >= 4 is 60.7 Å². The van der Waals surface area contributed by atoms with Crippen LogP contribution in [0.1, 0.15) is 22.3 Å². The summed E-state index contributed by atoms with van der Waals surface area (Å²) >= 11 is 0. The van der Waals surface area contributed by atoms with E-state index < -0.39 is 5.41 Å². The number of rotatable bonds is 6. The molecule has 70 heavy (non-hydrogen) atoms. The van der Waals surface area contributed by atoms with Crippen LogP contribution in [0.4, 0.5) is 17.1 Å². The minimum atomic E-state index is -0.585. The molecule has 15 rings (SSSR count). The average Bonchev–Trinajstić information content (AvgIpc) is 4.06. The molecule has 1 aliphatic carbocycles. The first-order valence-corrected chi connectivity index (χ1v) is 24.3. The fraction of sp³-hybridized carbons (Fsp3) is 0.0149. The van der Waals surface area contributed by atoms with E-state index in [9.17, 15) is 0 Å². The minimum absolute atomic E-state index is 0.585. The molecule has 2 aliphatic rings. The Hall–Kier alpha value is -9.18. The van der Waals surface area contributed by atoms with E-state index in [1.807, 2.05) is 0 Å². The first kappa shape index (κ1) is 38.9. The smallest absolute Gasteiger partial charge is 0.0755 e. The Labute approximate surface area is 406 Å². The molecule has 1 spiro atoms. The van der Waals surface area contributed by atoms with Gasteiger partial charge in [0.25, 0.3) is 0 Å². The summed E-state index contributed by atoms with van der Waals surface area (Å²) < 4.78 is 4.95. The lowest BCUT2D eigenvalue weighted by Crippen LogP contribution is -2.33. The lowest BCUT2D eigenvalue weighted by Gasteiger charge is -2.40. The van der Waals surface area contributed by atoms with Gasteiger partial charge in [0.05, 0.1) is 38.9 Å². The second kappa shape index (κ2) is 14.9. The van der Waals surface area contributed by atoms with Crippen LogP contribution in [0.2, 0.25) is 0 Å². The van der Waals surface area contributed by atoms with Crippen LogP contribution in [0.5, 0.6) is 0 Å². The van der Waals surface area contributed by atoms with Crippen LogP contribution < -0.4 is 4.90 Å². The van der Waals surface area contributed by atoms with Crippen LogP contribution in [-0.4, -0.2) is 9.13 Å². The van der Waals surface area contributed by atoms with Crippen LogP contribution in [0, 0.1) is 0 Å². The minimum Gasteiger partial charge on any atom is -0.310 e. The molecule has 0 saturated heterocycles. The summed E-state index contributed by atoms with van der Waals surface area (Å²) in [6.45, 7) is 0. The van der Waals surface area contributed by atoms with E-state index in [-0.39, 0.29) is 0 Å². The molecule has 3 nitrogen and oxygen atoms in total. The summed E-state index contributed by atoms with van der Waals surface area (Å²) in [6, 6.07) is 96.7. The van der Waals surface area contributed by atoms with Gasteiger partial charge in [0, 0.05) is 44.2 Å². The van der Waals surface area contributed by atoms with Gasteiger partial charge >= 0.3 is 0 Å². The number of aromatic nitrogens is 2. The maximum absolute atomic E-state index is 2.54. The predicted molar refractivity (Wildman–Crippen MR) is 292 cm³/mol. The van der Waals surface area contributed by atoms with Gasteiger partial charge in [-0.05, 0) is 123 Å². The third-order valence-corrected chi connectivity index (χ3v) is 15.3.